The Balaban J connectivity index is 1.43. The van der Waals surface area contributed by atoms with Crippen molar-refractivity contribution in [1.29, 1.82) is 0 Å². The lowest BCUT2D eigenvalue weighted by molar-refractivity contribution is -0.137. The molecule has 1 aliphatic rings. The number of thiocarbonyl (C=S) groups is 1. The third-order valence-corrected chi connectivity index (χ3v) is 6.84. The monoisotopic (exact) mass is 542 g/mol. The van der Waals surface area contributed by atoms with Crippen molar-refractivity contribution in [3.63, 3.8) is 0 Å². The number of unbranched alkanes of at least 4 members (excludes halogenated alkanes) is 2. The Morgan fingerprint density at radius 3 is 2.54 bits per heavy atom. The summed E-state index contributed by atoms with van der Waals surface area (Å²) in [6, 6.07) is 10.6. The summed E-state index contributed by atoms with van der Waals surface area (Å²) in [7, 11) is 1.58. The van der Waals surface area contributed by atoms with Crippen LogP contribution in [-0.2, 0) is 15.8 Å². The average Bonchev–Trinajstić information content (AvgIpc) is 3.07. The molecule has 0 unspecified atom stereocenters. The molecule has 0 aliphatic carbocycles. The second-order valence-electron chi connectivity index (χ2n) is 7.66. The number of nitrogens with zero attached hydrogens (tertiary/aromatic N) is 1. The first kappa shape index (κ1) is 27.0. The molecule has 1 fully saturated rings. The minimum absolute atomic E-state index is 0.0351. The normalized spacial score (nSPS) is 15.1. The van der Waals surface area contributed by atoms with Crippen molar-refractivity contribution in [3.8, 4) is 5.75 Å². The zero-order chi connectivity index (χ0) is 25.6. The van der Waals surface area contributed by atoms with E-state index in [0.29, 0.717) is 35.0 Å². The summed E-state index contributed by atoms with van der Waals surface area (Å²) in [5, 5.41) is 2.04. The molecule has 1 aliphatic heterocycles. The number of hydrogen-bond donors (Lipinski definition) is 1. The molecular weight excluding hydrogens is 521 g/mol. The molecule has 11 heteroatoms. The predicted octanol–water partition coefficient (Wildman–Crippen LogP) is 6.77. The second kappa shape index (κ2) is 11.9. The zero-order valence-electron chi connectivity index (χ0n) is 18.7. The highest BCUT2D eigenvalue weighted by Gasteiger charge is 2.33. The standard InChI is InChI=1S/C24H22ClF3N2O3S2/c1-33-17-9-6-15(7-10-17)13-20-22(32)30(23(34)35-20)12-4-2-3-5-21(31)29-16-8-11-19(25)18(14-16)24(26,27)28/h6-11,13-14H,2-5,12H2,1H3,(H,29,31)/b20-13-. The number of ether oxygens (including phenoxy) is 1. The number of alkyl halides is 3. The number of carbonyl (C=O) groups is 2. The van der Waals surface area contributed by atoms with E-state index in [1.165, 1.54) is 17.8 Å². The number of methoxy groups -OCH3 is 1. The van der Waals surface area contributed by atoms with Gasteiger partial charge in [-0.25, -0.2) is 0 Å². The first-order valence-electron chi connectivity index (χ1n) is 10.6. The summed E-state index contributed by atoms with van der Waals surface area (Å²) in [5.41, 5.74) is -0.102. The zero-order valence-corrected chi connectivity index (χ0v) is 21.0. The number of benzene rings is 2. The first-order chi connectivity index (χ1) is 16.6. The van der Waals surface area contributed by atoms with Gasteiger partial charge in [0, 0.05) is 18.7 Å². The summed E-state index contributed by atoms with van der Waals surface area (Å²) in [4.78, 5) is 26.9. The summed E-state index contributed by atoms with van der Waals surface area (Å²) >= 11 is 12.2. The van der Waals surface area contributed by atoms with Crippen LogP contribution in [0.5, 0.6) is 5.75 Å². The van der Waals surface area contributed by atoms with E-state index in [4.69, 9.17) is 28.6 Å². The number of rotatable bonds is 9. The molecule has 186 valence electrons. The van der Waals surface area contributed by atoms with E-state index < -0.39 is 22.7 Å². The van der Waals surface area contributed by atoms with Gasteiger partial charge in [0.15, 0.2) is 0 Å². The Hall–Kier alpha value is -2.56. The fraction of sp³-hybridized carbons (Fsp3) is 0.292. The van der Waals surface area contributed by atoms with Crippen LogP contribution in [0.15, 0.2) is 47.4 Å². The van der Waals surface area contributed by atoms with E-state index in [0.717, 1.165) is 23.4 Å². The molecule has 2 aromatic rings. The van der Waals surface area contributed by atoms with Gasteiger partial charge in [0.2, 0.25) is 5.91 Å². The highest BCUT2D eigenvalue weighted by atomic mass is 35.5. The van der Waals surface area contributed by atoms with Gasteiger partial charge in [0.1, 0.15) is 10.1 Å². The van der Waals surface area contributed by atoms with Crippen molar-refractivity contribution in [3.05, 3.63) is 63.5 Å². The number of carbonyl (C=O) groups excluding carboxylic acids is 2. The quantitative estimate of drug-likeness (QED) is 0.215. The maximum atomic E-state index is 13.0. The maximum Gasteiger partial charge on any atom is 0.417 e. The van der Waals surface area contributed by atoms with E-state index in [1.54, 1.807) is 18.1 Å². The van der Waals surface area contributed by atoms with Gasteiger partial charge in [-0.1, -0.05) is 54.1 Å². The summed E-state index contributed by atoms with van der Waals surface area (Å²) in [5.74, 6) is 0.174. The highest BCUT2D eigenvalue weighted by Crippen LogP contribution is 2.36. The van der Waals surface area contributed by atoms with Crippen LogP contribution in [-0.4, -0.2) is 34.7 Å². The lowest BCUT2D eigenvalue weighted by Crippen LogP contribution is -2.29. The van der Waals surface area contributed by atoms with Crippen LogP contribution >= 0.6 is 35.6 Å². The first-order valence-corrected chi connectivity index (χ1v) is 12.2. The van der Waals surface area contributed by atoms with Crippen molar-refractivity contribution in [1.82, 2.24) is 4.90 Å². The molecule has 5 nitrogen and oxygen atoms in total. The van der Waals surface area contributed by atoms with Crippen molar-refractivity contribution in [2.45, 2.75) is 31.9 Å². The third-order valence-electron chi connectivity index (χ3n) is 5.13. The number of halogens is 4. The fourth-order valence-electron chi connectivity index (χ4n) is 3.32. The molecular formula is C24H22ClF3N2O3S2. The predicted molar refractivity (Wildman–Crippen MR) is 136 cm³/mol. The molecule has 0 bridgehead atoms. The third kappa shape index (κ3) is 7.46. The summed E-state index contributed by atoms with van der Waals surface area (Å²) < 4.78 is 44.5. The molecule has 0 radical (unpaired) electrons. The lowest BCUT2D eigenvalue weighted by Gasteiger charge is -2.14. The van der Waals surface area contributed by atoms with Gasteiger partial charge in [0.25, 0.3) is 5.91 Å². The Kier molecular flexibility index (Phi) is 9.21. The van der Waals surface area contributed by atoms with Crippen LogP contribution in [0.2, 0.25) is 5.02 Å². The van der Waals surface area contributed by atoms with Gasteiger partial charge >= 0.3 is 6.18 Å². The van der Waals surface area contributed by atoms with Crippen LogP contribution in [0.4, 0.5) is 18.9 Å². The Labute approximate surface area is 215 Å². The summed E-state index contributed by atoms with van der Waals surface area (Å²) in [6.45, 7) is 0.429. The van der Waals surface area contributed by atoms with Gasteiger partial charge < -0.3 is 10.1 Å². The minimum atomic E-state index is -4.60. The van der Waals surface area contributed by atoms with Crippen LogP contribution < -0.4 is 10.1 Å². The van der Waals surface area contributed by atoms with Gasteiger partial charge in [-0.3, -0.25) is 14.5 Å². The van der Waals surface area contributed by atoms with Gasteiger partial charge in [-0.15, -0.1) is 0 Å². The summed E-state index contributed by atoms with van der Waals surface area (Å²) in [6.07, 6.45) is -0.885. The smallest absolute Gasteiger partial charge is 0.417 e. The number of hydrogen-bond acceptors (Lipinski definition) is 5. The molecule has 1 saturated heterocycles. The SMILES string of the molecule is COc1ccc(/C=C2\SC(=S)N(CCCCCC(=O)Nc3ccc(Cl)c(C(F)(F)F)c3)C2=O)cc1. The van der Waals surface area contributed by atoms with Crippen molar-refractivity contribution in [2.24, 2.45) is 0 Å². The topological polar surface area (TPSA) is 58.6 Å². The highest BCUT2D eigenvalue weighted by molar-refractivity contribution is 8.26. The molecule has 0 spiro atoms. The van der Waals surface area contributed by atoms with E-state index >= 15 is 0 Å². The van der Waals surface area contributed by atoms with Crippen molar-refractivity contribution < 1.29 is 27.5 Å². The number of thioether (sulfide) groups is 1. The molecule has 1 heterocycles. The van der Waals surface area contributed by atoms with E-state index in [2.05, 4.69) is 5.32 Å². The Bertz CT molecular complexity index is 1140. The number of anilines is 1. The van der Waals surface area contributed by atoms with Gasteiger partial charge in [-0.05, 0) is 54.8 Å². The number of amides is 2. The lowest BCUT2D eigenvalue weighted by atomic mass is 10.1. The second-order valence-corrected chi connectivity index (χ2v) is 9.74. The number of nitrogens with one attached hydrogen (secondary N) is 1. The van der Waals surface area contributed by atoms with Crippen molar-refractivity contribution >= 4 is 63.5 Å². The van der Waals surface area contributed by atoms with Gasteiger partial charge in [-0.2, -0.15) is 13.2 Å². The molecule has 2 amide bonds. The Morgan fingerprint density at radius 1 is 1.17 bits per heavy atom. The maximum absolute atomic E-state index is 13.0. The van der Waals surface area contributed by atoms with E-state index in [9.17, 15) is 22.8 Å². The molecule has 1 N–H and O–H groups in total. The van der Waals surface area contributed by atoms with Gasteiger partial charge in [0.05, 0.1) is 22.6 Å². The molecule has 35 heavy (non-hydrogen) atoms. The van der Waals surface area contributed by atoms with E-state index in [1.807, 2.05) is 24.3 Å². The molecule has 0 aromatic heterocycles. The Morgan fingerprint density at radius 2 is 1.89 bits per heavy atom. The van der Waals surface area contributed by atoms with Crippen LogP contribution in [0, 0.1) is 0 Å². The van der Waals surface area contributed by atoms with Crippen LogP contribution in [0.1, 0.15) is 36.8 Å². The van der Waals surface area contributed by atoms with Crippen LogP contribution in [0.25, 0.3) is 6.08 Å². The molecule has 3 rings (SSSR count). The fourth-order valence-corrected chi connectivity index (χ4v) is 4.85. The molecule has 2 aromatic carbocycles. The van der Waals surface area contributed by atoms with Crippen LogP contribution in [0.3, 0.4) is 0 Å². The minimum Gasteiger partial charge on any atom is -0.497 e. The largest absolute Gasteiger partial charge is 0.497 e. The molecule has 0 saturated carbocycles. The molecule has 0 atom stereocenters. The van der Waals surface area contributed by atoms with E-state index in [-0.39, 0.29) is 18.0 Å². The average molecular weight is 543 g/mol. The van der Waals surface area contributed by atoms with Crippen molar-refractivity contribution in [2.75, 3.05) is 19.0 Å².